The molecule has 2 rings (SSSR count). The van der Waals surface area contributed by atoms with Crippen LogP contribution in [0.3, 0.4) is 0 Å². The monoisotopic (exact) mass is 290 g/mol. The number of nitrogens with zero attached hydrogens (tertiary/aromatic N) is 3. The van der Waals surface area contributed by atoms with Crippen LogP contribution in [0.4, 0.5) is 14.6 Å². The van der Waals surface area contributed by atoms with Gasteiger partial charge in [0.2, 0.25) is 5.28 Å². The number of anilines is 1. The quantitative estimate of drug-likeness (QED) is 0.846. The molecule has 0 bridgehead atoms. The zero-order chi connectivity index (χ0) is 13.7. The second kappa shape index (κ2) is 6.96. The summed E-state index contributed by atoms with van der Waals surface area (Å²) >= 11 is 5.69. The Labute approximate surface area is 116 Å². The molecule has 19 heavy (non-hydrogen) atoms. The van der Waals surface area contributed by atoms with E-state index in [1.165, 1.54) is 0 Å². The minimum atomic E-state index is -2.24. The van der Waals surface area contributed by atoms with Crippen LogP contribution in [0.15, 0.2) is 12.3 Å². The molecular formula is C12H17ClF2N4. The highest BCUT2D eigenvalue weighted by Crippen LogP contribution is 2.18. The molecule has 0 aliphatic carbocycles. The van der Waals surface area contributed by atoms with Crippen molar-refractivity contribution < 1.29 is 8.78 Å². The fraction of sp³-hybridized carbons (Fsp3) is 0.667. The normalized spacial score (nSPS) is 17.9. The summed E-state index contributed by atoms with van der Waals surface area (Å²) in [5.74, 6) is 1.19. The van der Waals surface area contributed by atoms with E-state index in [4.69, 9.17) is 11.6 Å². The zero-order valence-electron chi connectivity index (χ0n) is 10.5. The number of rotatable bonds is 5. The van der Waals surface area contributed by atoms with E-state index < -0.39 is 6.43 Å². The highest BCUT2D eigenvalue weighted by atomic mass is 35.5. The number of hydrogen-bond donors (Lipinski definition) is 1. The first-order valence-corrected chi connectivity index (χ1v) is 6.74. The van der Waals surface area contributed by atoms with Crippen LogP contribution in [0.1, 0.15) is 12.8 Å². The molecule has 106 valence electrons. The number of likely N-dealkylation sites (tertiary alicyclic amines) is 1. The topological polar surface area (TPSA) is 41.0 Å². The van der Waals surface area contributed by atoms with Crippen LogP contribution in [-0.2, 0) is 0 Å². The van der Waals surface area contributed by atoms with Crippen LogP contribution in [0.25, 0.3) is 0 Å². The standard InChI is InChI=1S/C12H17ClF2N4/c13-12-16-4-1-11(18-12)17-7-9-2-5-19(6-3-9)8-10(14)15/h1,4,9-10H,2-3,5-8H2,(H,16,17,18). The molecule has 1 aromatic heterocycles. The summed E-state index contributed by atoms with van der Waals surface area (Å²) in [5.41, 5.74) is 0. The van der Waals surface area contributed by atoms with Crippen molar-refractivity contribution in [1.29, 1.82) is 0 Å². The molecule has 0 radical (unpaired) electrons. The molecule has 1 saturated heterocycles. The third kappa shape index (κ3) is 4.87. The smallest absolute Gasteiger partial charge is 0.251 e. The van der Waals surface area contributed by atoms with Gasteiger partial charge in [-0.3, -0.25) is 4.90 Å². The molecule has 0 saturated carbocycles. The lowest BCUT2D eigenvalue weighted by atomic mass is 9.97. The van der Waals surface area contributed by atoms with Crippen molar-refractivity contribution >= 4 is 17.4 Å². The Balaban J connectivity index is 1.71. The van der Waals surface area contributed by atoms with E-state index >= 15 is 0 Å². The van der Waals surface area contributed by atoms with Crippen LogP contribution in [0.5, 0.6) is 0 Å². The Kier molecular flexibility index (Phi) is 5.27. The summed E-state index contributed by atoms with van der Waals surface area (Å²) in [6, 6.07) is 1.76. The number of aromatic nitrogens is 2. The Morgan fingerprint density at radius 1 is 1.42 bits per heavy atom. The Morgan fingerprint density at radius 3 is 2.79 bits per heavy atom. The maximum absolute atomic E-state index is 12.2. The third-order valence-electron chi connectivity index (χ3n) is 3.30. The highest BCUT2D eigenvalue weighted by Gasteiger charge is 2.21. The number of halogens is 3. The summed E-state index contributed by atoms with van der Waals surface area (Å²) in [5, 5.41) is 3.43. The molecule has 1 aliphatic heterocycles. The van der Waals surface area contributed by atoms with E-state index in [1.807, 2.05) is 4.90 Å². The molecule has 1 fully saturated rings. The first kappa shape index (κ1) is 14.4. The maximum atomic E-state index is 12.2. The third-order valence-corrected chi connectivity index (χ3v) is 3.48. The average Bonchev–Trinajstić information content (AvgIpc) is 2.37. The van der Waals surface area contributed by atoms with Gasteiger partial charge >= 0.3 is 0 Å². The van der Waals surface area contributed by atoms with Gasteiger partial charge in [0.25, 0.3) is 6.43 Å². The van der Waals surface area contributed by atoms with Gasteiger partial charge in [0, 0.05) is 12.7 Å². The van der Waals surface area contributed by atoms with E-state index in [2.05, 4.69) is 15.3 Å². The second-order valence-electron chi connectivity index (χ2n) is 4.73. The summed E-state index contributed by atoms with van der Waals surface area (Å²) in [7, 11) is 0. The first-order chi connectivity index (χ1) is 9.13. The van der Waals surface area contributed by atoms with Gasteiger partial charge < -0.3 is 5.32 Å². The molecule has 0 unspecified atom stereocenters. The molecule has 2 heterocycles. The first-order valence-electron chi connectivity index (χ1n) is 6.36. The fourth-order valence-corrected chi connectivity index (χ4v) is 2.40. The van der Waals surface area contributed by atoms with Gasteiger partial charge in [0.1, 0.15) is 5.82 Å². The minimum Gasteiger partial charge on any atom is -0.370 e. The number of piperidine rings is 1. The lowest BCUT2D eigenvalue weighted by molar-refractivity contribution is 0.0703. The number of hydrogen-bond acceptors (Lipinski definition) is 4. The molecule has 0 atom stereocenters. The van der Waals surface area contributed by atoms with E-state index in [9.17, 15) is 8.78 Å². The van der Waals surface area contributed by atoms with Crippen LogP contribution < -0.4 is 5.32 Å². The largest absolute Gasteiger partial charge is 0.370 e. The van der Waals surface area contributed by atoms with E-state index in [0.717, 1.165) is 32.5 Å². The van der Waals surface area contributed by atoms with Crippen molar-refractivity contribution in [2.45, 2.75) is 19.3 Å². The van der Waals surface area contributed by atoms with E-state index in [0.29, 0.717) is 11.7 Å². The van der Waals surface area contributed by atoms with Crippen molar-refractivity contribution in [3.63, 3.8) is 0 Å². The van der Waals surface area contributed by atoms with Gasteiger partial charge in [-0.05, 0) is 49.5 Å². The SMILES string of the molecule is FC(F)CN1CCC(CNc2ccnc(Cl)n2)CC1. The van der Waals surface area contributed by atoms with Crippen LogP contribution >= 0.6 is 11.6 Å². The molecule has 0 amide bonds. The molecule has 0 aromatic carbocycles. The Bertz CT molecular complexity index is 397. The van der Waals surface area contributed by atoms with E-state index in [-0.39, 0.29) is 11.8 Å². The van der Waals surface area contributed by atoms with Crippen LogP contribution in [-0.4, -0.2) is 47.5 Å². The van der Waals surface area contributed by atoms with E-state index in [1.54, 1.807) is 12.3 Å². The van der Waals surface area contributed by atoms with Gasteiger partial charge in [-0.25, -0.2) is 18.7 Å². The molecule has 4 nitrogen and oxygen atoms in total. The Hall–Kier alpha value is -1.01. The predicted octanol–water partition coefficient (Wildman–Crippen LogP) is 2.52. The maximum Gasteiger partial charge on any atom is 0.251 e. The van der Waals surface area contributed by atoms with Gasteiger partial charge in [-0.15, -0.1) is 0 Å². The second-order valence-corrected chi connectivity index (χ2v) is 5.06. The zero-order valence-corrected chi connectivity index (χ0v) is 11.3. The summed E-state index contributed by atoms with van der Waals surface area (Å²) in [6.07, 6.45) is 1.22. The molecular weight excluding hydrogens is 274 g/mol. The van der Waals surface area contributed by atoms with Gasteiger partial charge in [-0.2, -0.15) is 0 Å². The van der Waals surface area contributed by atoms with Crippen molar-refractivity contribution in [1.82, 2.24) is 14.9 Å². The van der Waals surface area contributed by atoms with Gasteiger partial charge in [0.15, 0.2) is 0 Å². The summed E-state index contributed by atoms with van der Waals surface area (Å²) in [6.45, 7) is 2.15. The van der Waals surface area contributed by atoms with Crippen LogP contribution in [0, 0.1) is 5.92 Å². The lowest BCUT2D eigenvalue weighted by Gasteiger charge is -2.31. The van der Waals surface area contributed by atoms with Crippen molar-refractivity contribution in [3.8, 4) is 0 Å². The Morgan fingerprint density at radius 2 is 2.16 bits per heavy atom. The van der Waals surface area contributed by atoms with Crippen molar-refractivity contribution in [2.75, 3.05) is 31.5 Å². The molecule has 1 aromatic rings. The molecule has 0 spiro atoms. The molecule has 1 aliphatic rings. The van der Waals surface area contributed by atoms with Crippen LogP contribution in [0.2, 0.25) is 5.28 Å². The summed E-state index contributed by atoms with van der Waals surface area (Å²) < 4.78 is 24.5. The van der Waals surface area contributed by atoms with Crippen molar-refractivity contribution in [3.05, 3.63) is 17.5 Å². The average molecular weight is 291 g/mol. The number of nitrogens with one attached hydrogen (secondary N) is 1. The molecule has 1 N–H and O–H groups in total. The van der Waals surface area contributed by atoms with Gasteiger partial charge in [-0.1, -0.05) is 0 Å². The number of alkyl halides is 2. The highest BCUT2D eigenvalue weighted by molar-refractivity contribution is 6.28. The van der Waals surface area contributed by atoms with Gasteiger partial charge in [0.05, 0.1) is 6.54 Å². The predicted molar refractivity (Wildman–Crippen MR) is 70.7 cm³/mol. The molecule has 7 heteroatoms. The fourth-order valence-electron chi connectivity index (χ4n) is 2.25. The summed E-state index contributed by atoms with van der Waals surface area (Å²) in [4.78, 5) is 9.68. The van der Waals surface area contributed by atoms with Crippen molar-refractivity contribution in [2.24, 2.45) is 5.92 Å². The lowest BCUT2D eigenvalue weighted by Crippen LogP contribution is -2.38. The minimum absolute atomic E-state index is 0.109.